The molecule has 0 saturated carbocycles. The Hall–Kier alpha value is -2.88. The molecule has 2 atom stereocenters. The van der Waals surface area contributed by atoms with Gasteiger partial charge in [0.2, 0.25) is 5.91 Å². The largest absolute Gasteiger partial charge is 0.375 e. The van der Waals surface area contributed by atoms with Gasteiger partial charge in [-0.05, 0) is 36.1 Å². The molecule has 2 N–H and O–H groups in total. The lowest BCUT2D eigenvalue weighted by Gasteiger charge is -2.34. The van der Waals surface area contributed by atoms with Crippen molar-refractivity contribution in [2.24, 2.45) is 11.7 Å². The lowest BCUT2D eigenvalue weighted by molar-refractivity contribution is -0.139. The molecule has 1 unspecified atom stereocenters. The van der Waals surface area contributed by atoms with Crippen LogP contribution in [0.25, 0.3) is 11.4 Å². The lowest BCUT2D eigenvalue weighted by Crippen LogP contribution is -2.43. The maximum Gasteiger partial charge on any atom is 0.249 e. The average molecular weight is 520 g/mol. The van der Waals surface area contributed by atoms with E-state index in [1.807, 2.05) is 44.2 Å². The Balaban J connectivity index is 2.13. The molecule has 0 aliphatic rings. The minimum atomic E-state index is -0.700. The molecule has 0 spiro atoms. The number of benzene rings is 2. The van der Waals surface area contributed by atoms with Crippen LogP contribution in [0.15, 0.2) is 48.5 Å². The first-order valence-corrected chi connectivity index (χ1v) is 12.2. The fraction of sp³-hybridized carbons (Fsp3) is 0.423. The Morgan fingerprint density at radius 1 is 1.22 bits per heavy atom. The molecule has 10 heteroatoms. The highest BCUT2D eigenvalue weighted by atomic mass is 35.5. The number of carbonyl (C=O) groups is 1. The van der Waals surface area contributed by atoms with Crippen LogP contribution in [0.4, 0.5) is 8.78 Å². The molecule has 2 aromatic carbocycles. The Morgan fingerprint density at radius 3 is 2.58 bits per heavy atom. The summed E-state index contributed by atoms with van der Waals surface area (Å²) in [5.41, 5.74) is 6.94. The molecule has 1 amide bonds. The van der Waals surface area contributed by atoms with Crippen molar-refractivity contribution in [3.63, 3.8) is 0 Å². The van der Waals surface area contributed by atoms with Crippen molar-refractivity contribution in [2.45, 2.75) is 38.9 Å². The van der Waals surface area contributed by atoms with Gasteiger partial charge in [-0.1, -0.05) is 55.8 Å². The monoisotopic (exact) mass is 519 g/mol. The number of ether oxygens (including phenoxy) is 1. The van der Waals surface area contributed by atoms with Gasteiger partial charge in [-0.3, -0.25) is 4.79 Å². The number of alkyl halides is 1. The fourth-order valence-electron chi connectivity index (χ4n) is 4.03. The molecule has 7 nitrogen and oxygen atoms in total. The van der Waals surface area contributed by atoms with Crippen molar-refractivity contribution in [3.05, 3.63) is 70.8 Å². The summed E-state index contributed by atoms with van der Waals surface area (Å²) in [6.45, 7) is 3.61. The minimum Gasteiger partial charge on any atom is -0.375 e. The van der Waals surface area contributed by atoms with E-state index in [0.29, 0.717) is 17.4 Å². The number of halogens is 3. The van der Waals surface area contributed by atoms with Crippen LogP contribution >= 0.6 is 11.6 Å². The Morgan fingerprint density at radius 2 is 1.94 bits per heavy atom. The standard InChI is InChI=1S/C26H32ClF2N5O2/c1-17(2)24(33(23(35)16-36-3)12-11-20(30)14-28)26-31-25(21-13-19(27)9-10-22(21)29)32-34(26)15-18-7-5-4-6-8-18/h4-10,13,17,20,24H,11-12,14-16,30H2,1-3H3/t20-,24?/m0/s1. The zero-order valence-electron chi connectivity index (χ0n) is 20.7. The Labute approximate surface area is 215 Å². The van der Waals surface area contributed by atoms with Crippen molar-refractivity contribution in [1.82, 2.24) is 19.7 Å². The maximum absolute atomic E-state index is 14.7. The van der Waals surface area contributed by atoms with Crippen LogP contribution in [0.2, 0.25) is 5.02 Å². The van der Waals surface area contributed by atoms with Gasteiger partial charge in [0.1, 0.15) is 19.1 Å². The summed E-state index contributed by atoms with van der Waals surface area (Å²) in [7, 11) is 1.44. The van der Waals surface area contributed by atoms with Gasteiger partial charge >= 0.3 is 0 Å². The van der Waals surface area contributed by atoms with Crippen molar-refractivity contribution in [2.75, 3.05) is 26.9 Å². The number of methoxy groups -OCH3 is 1. The number of hydrogen-bond acceptors (Lipinski definition) is 5. The number of carbonyl (C=O) groups excluding carboxylic acids is 1. The highest BCUT2D eigenvalue weighted by molar-refractivity contribution is 6.30. The molecule has 36 heavy (non-hydrogen) atoms. The fourth-order valence-corrected chi connectivity index (χ4v) is 4.21. The van der Waals surface area contributed by atoms with Gasteiger partial charge in [-0.2, -0.15) is 5.10 Å². The van der Waals surface area contributed by atoms with Crippen molar-refractivity contribution >= 4 is 17.5 Å². The quantitative estimate of drug-likeness (QED) is 0.376. The topological polar surface area (TPSA) is 86.3 Å². The van der Waals surface area contributed by atoms with Gasteiger partial charge in [0.05, 0.1) is 18.2 Å². The number of hydrogen-bond donors (Lipinski definition) is 1. The molecule has 0 bridgehead atoms. The van der Waals surface area contributed by atoms with Gasteiger partial charge < -0.3 is 15.4 Å². The summed E-state index contributed by atoms with van der Waals surface area (Å²) < 4.78 is 34.6. The van der Waals surface area contributed by atoms with E-state index in [0.717, 1.165) is 5.56 Å². The molecule has 0 saturated heterocycles. The smallest absolute Gasteiger partial charge is 0.249 e. The minimum absolute atomic E-state index is 0.108. The number of amides is 1. The number of aromatic nitrogens is 3. The van der Waals surface area contributed by atoms with E-state index in [-0.39, 0.29) is 42.8 Å². The van der Waals surface area contributed by atoms with Gasteiger partial charge in [-0.25, -0.2) is 18.4 Å². The summed E-state index contributed by atoms with van der Waals surface area (Å²) in [5, 5.41) is 4.98. The Bertz CT molecular complexity index is 1140. The third-order valence-electron chi connectivity index (χ3n) is 5.80. The van der Waals surface area contributed by atoms with E-state index >= 15 is 0 Å². The van der Waals surface area contributed by atoms with E-state index in [9.17, 15) is 13.6 Å². The third-order valence-corrected chi connectivity index (χ3v) is 6.04. The van der Waals surface area contributed by atoms with E-state index < -0.39 is 24.6 Å². The van der Waals surface area contributed by atoms with Crippen LogP contribution in [-0.2, 0) is 16.1 Å². The van der Waals surface area contributed by atoms with Crippen LogP contribution in [0.5, 0.6) is 0 Å². The van der Waals surface area contributed by atoms with Crippen LogP contribution in [-0.4, -0.2) is 58.5 Å². The van der Waals surface area contributed by atoms with Gasteiger partial charge in [0.25, 0.3) is 0 Å². The summed E-state index contributed by atoms with van der Waals surface area (Å²) >= 11 is 6.13. The number of nitrogens with zero attached hydrogens (tertiary/aromatic N) is 4. The van der Waals surface area contributed by atoms with Gasteiger partial charge in [0, 0.05) is 24.7 Å². The highest BCUT2D eigenvalue weighted by Crippen LogP contribution is 2.32. The Kier molecular flexibility index (Phi) is 9.92. The first kappa shape index (κ1) is 27.7. The van der Waals surface area contributed by atoms with E-state index in [1.165, 1.54) is 25.3 Å². The second-order valence-electron chi connectivity index (χ2n) is 8.97. The molecule has 1 heterocycles. The highest BCUT2D eigenvalue weighted by Gasteiger charge is 2.33. The molecule has 0 fully saturated rings. The summed E-state index contributed by atoms with van der Waals surface area (Å²) in [5.74, 6) is -0.270. The third kappa shape index (κ3) is 6.87. The summed E-state index contributed by atoms with van der Waals surface area (Å²) in [6, 6.07) is 12.6. The van der Waals surface area contributed by atoms with Crippen molar-refractivity contribution in [3.8, 4) is 11.4 Å². The predicted octanol–water partition coefficient (Wildman–Crippen LogP) is 4.64. The molecule has 0 aliphatic carbocycles. The number of nitrogens with two attached hydrogens (primary N) is 1. The second kappa shape index (κ2) is 12.9. The molecule has 3 aromatic rings. The predicted molar refractivity (Wildman–Crippen MR) is 136 cm³/mol. The van der Waals surface area contributed by atoms with E-state index in [2.05, 4.69) is 5.10 Å². The molecule has 1 aromatic heterocycles. The van der Waals surface area contributed by atoms with Crippen molar-refractivity contribution in [1.29, 1.82) is 0 Å². The first-order valence-electron chi connectivity index (χ1n) is 11.8. The normalized spacial score (nSPS) is 13.1. The lowest BCUT2D eigenvalue weighted by atomic mass is 10.00. The molecule has 0 radical (unpaired) electrons. The average Bonchev–Trinajstić information content (AvgIpc) is 3.26. The SMILES string of the molecule is COCC(=O)N(CC[C@H](N)CF)C(c1nc(-c2cc(Cl)ccc2F)nn1Cc1ccccc1)C(C)C. The molecular weight excluding hydrogens is 488 g/mol. The van der Waals surface area contributed by atoms with Gasteiger partial charge in [0.15, 0.2) is 11.6 Å². The maximum atomic E-state index is 14.7. The number of rotatable bonds is 12. The van der Waals surface area contributed by atoms with Crippen LogP contribution < -0.4 is 5.73 Å². The van der Waals surface area contributed by atoms with Crippen LogP contribution in [0.3, 0.4) is 0 Å². The van der Waals surface area contributed by atoms with Crippen LogP contribution in [0, 0.1) is 11.7 Å². The second-order valence-corrected chi connectivity index (χ2v) is 9.41. The molecule has 3 rings (SSSR count). The first-order chi connectivity index (χ1) is 17.2. The van der Waals surface area contributed by atoms with Gasteiger partial charge in [-0.15, -0.1) is 0 Å². The van der Waals surface area contributed by atoms with Crippen LogP contribution in [0.1, 0.15) is 37.7 Å². The molecular formula is C26H32ClF2N5O2. The molecule has 194 valence electrons. The summed E-state index contributed by atoms with van der Waals surface area (Å²) in [4.78, 5) is 19.5. The molecule has 0 aliphatic heterocycles. The van der Waals surface area contributed by atoms with E-state index in [1.54, 1.807) is 9.58 Å². The van der Waals surface area contributed by atoms with Crippen molar-refractivity contribution < 1.29 is 18.3 Å². The zero-order valence-corrected chi connectivity index (χ0v) is 21.5. The van der Waals surface area contributed by atoms with E-state index in [4.69, 9.17) is 27.1 Å². The zero-order chi connectivity index (χ0) is 26.2. The summed E-state index contributed by atoms with van der Waals surface area (Å²) in [6.07, 6.45) is 0.262.